The molecule has 0 aliphatic heterocycles. The van der Waals surface area contributed by atoms with Gasteiger partial charge in [0.05, 0.1) is 12.1 Å². The van der Waals surface area contributed by atoms with E-state index in [1.165, 1.54) is 0 Å². The van der Waals surface area contributed by atoms with Gasteiger partial charge < -0.3 is 10.4 Å². The van der Waals surface area contributed by atoms with E-state index in [1.807, 2.05) is 67.7 Å². The van der Waals surface area contributed by atoms with Crippen molar-refractivity contribution in [3.63, 3.8) is 0 Å². The molecular formula is C15H18ClNO. The standard InChI is InChI=1S/C15H17NO.ClH/c1-16-14(12-8-4-2-5-9-12)15(17)13-10-6-3-7-11-13;/h2-11,14-17H,1H3;1H. The molecule has 0 fully saturated rings. The van der Waals surface area contributed by atoms with Crippen molar-refractivity contribution in [1.82, 2.24) is 5.32 Å². The molecule has 2 nitrogen and oxygen atoms in total. The number of nitrogens with one attached hydrogen (secondary N) is 1. The Bertz CT molecular complexity index is 447. The van der Waals surface area contributed by atoms with Gasteiger partial charge in [-0.1, -0.05) is 60.7 Å². The summed E-state index contributed by atoms with van der Waals surface area (Å²) in [6, 6.07) is 19.6. The van der Waals surface area contributed by atoms with Crippen molar-refractivity contribution in [2.45, 2.75) is 12.1 Å². The normalized spacial score (nSPS) is 13.4. The fraction of sp³-hybridized carbons (Fsp3) is 0.200. The van der Waals surface area contributed by atoms with Crippen LogP contribution in [0.5, 0.6) is 0 Å². The molecule has 2 rings (SSSR count). The Labute approximate surface area is 114 Å². The number of rotatable bonds is 4. The van der Waals surface area contributed by atoms with Gasteiger partial charge in [-0.05, 0) is 18.2 Å². The van der Waals surface area contributed by atoms with Crippen LogP contribution < -0.4 is 5.32 Å². The fourth-order valence-corrected chi connectivity index (χ4v) is 2.01. The molecule has 0 aliphatic rings. The average molecular weight is 264 g/mol. The molecule has 0 spiro atoms. The van der Waals surface area contributed by atoms with Crippen LogP contribution in [0.3, 0.4) is 0 Å². The number of likely N-dealkylation sites (N-methyl/N-ethyl adjacent to an activating group) is 1. The summed E-state index contributed by atoms with van der Waals surface area (Å²) in [5.41, 5.74) is 2.02. The number of halogens is 1. The molecule has 0 saturated carbocycles. The summed E-state index contributed by atoms with van der Waals surface area (Å²) in [5, 5.41) is 13.5. The van der Waals surface area contributed by atoms with Gasteiger partial charge in [0.25, 0.3) is 0 Å². The number of aliphatic hydroxyl groups is 1. The first-order valence-electron chi connectivity index (χ1n) is 5.78. The van der Waals surface area contributed by atoms with Crippen LogP contribution in [0.4, 0.5) is 0 Å². The van der Waals surface area contributed by atoms with Crippen molar-refractivity contribution in [3.05, 3.63) is 71.8 Å². The second kappa shape index (κ2) is 7.17. The summed E-state index contributed by atoms with van der Waals surface area (Å²) in [4.78, 5) is 0. The predicted molar refractivity (Wildman–Crippen MR) is 76.9 cm³/mol. The van der Waals surface area contributed by atoms with Crippen molar-refractivity contribution >= 4 is 12.4 Å². The Balaban J connectivity index is 0.00000162. The Hall–Kier alpha value is -1.35. The quantitative estimate of drug-likeness (QED) is 0.888. The van der Waals surface area contributed by atoms with Crippen LogP contribution in [0.2, 0.25) is 0 Å². The summed E-state index contributed by atoms with van der Waals surface area (Å²) >= 11 is 0. The second-order valence-corrected chi connectivity index (χ2v) is 4.03. The molecule has 18 heavy (non-hydrogen) atoms. The number of benzene rings is 2. The Kier molecular flexibility index (Phi) is 5.86. The van der Waals surface area contributed by atoms with Crippen LogP contribution in [0.25, 0.3) is 0 Å². The van der Waals surface area contributed by atoms with Crippen molar-refractivity contribution < 1.29 is 5.11 Å². The summed E-state index contributed by atoms with van der Waals surface area (Å²) in [7, 11) is 1.86. The van der Waals surface area contributed by atoms with Gasteiger partial charge in [0.1, 0.15) is 0 Å². The van der Waals surface area contributed by atoms with E-state index in [0.29, 0.717) is 0 Å². The van der Waals surface area contributed by atoms with Crippen LogP contribution in [-0.2, 0) is 0 Å². The van der Waals surface area contributed by atoms with Gasteiger partial charge in [-0.2, -0.15) is 0 Å². The maximum absolute atomic E-state index is 10.4. The number of hydrogen-bond acceptors (Lipinski definition) is 2. The highest BCUT2D eigenvalue weighted by Gasteiger charge is 2.20. The van der Waals surface area contributed by atoms with Crippen LogP contribution >= 0.6 is 12.4 Å². The summed E-state index contributed by atoms with van der Waals surface area (Å²) < 4.78 is 0. The first-order chi connectivity index (χ1) is 8.33. The highest BCUT2D eigenvalue weighted by atomic mass is 35.5. The SMILES string of the molecule is CNC(c1ccccc1)C(O)c1ccccc1.Cl. The van der Waals surface area contributed by atoms with Gasteiger partial charge >= 0.3 is 0 Å². The molecule has 2 aromatic carbocycles. The minimum Gasteiger partial charge on any atom is -0.386 e. The molecule has 0 aliphatic carbocycles. The van der Waals surface area contributed by atoms with Gasteiger partial charge in [0.2, 0.25) is 0 Å². The number of hydrogen-bond donors (Lipinski definition) is 2. The Morgan fingerprint density at radius 3 is 1.72 bits per heavy atom. The molecule has 0 aromatic heterocycles. The van der Waals surface area contributed by atoms with Crippen LogP contribution in [0.1, 0.15) is 23.3 Å². The molecule has 0 radical (unpaired) electrons. The van der Waals surface area contributed by atoms with Gasteiger partial charge in [0, 0.05) is 0 Å². The van der Waals surface area contributed by atoms with E-state index < -0.39 is 6.10 Å². The maximum Gasteiger partial charge on any atom is 0.0984 e. The largest absolute Gasteiger partial charge is 0.386 e. The highest BCUT2D eigenvalue weighted by molar-refractivity contribution is 5.85. The lowest BCUT2D eigenvalue weighted by Crippen LogP contribution is -2.23. The molecule has 2 aromatic rings. The first kappa shape index (κ1) is 14.7. The van der Waals surface area contributed by atoms with Gasteiger partial charge in [-0.15, -0.1) is 12.4 Å². The molecule has 0 amide bonds. The smallest absolute Gasteiger partial charge is 0.0984 e. The molecule has 3 heteroatoms. The van der Waals surface area contributed by atoms with E-state index in [2.05, 4.69) is 5.32 Å². The molecule has 0 saturated heterocycles. The predicted octanol–water partition coefficient (Wildman–Crippen LogP) is 3.10. The molecule has 96 valence electrons. The zero-order valence-electron chi connectivity index (χ0n) is 10.3. The Morgan fingerprint density at radius 2 is 1.28 bits per heavy atom. The second-order valence-electron chi connectivity index (χ2n) is 4.03. The topological polar surface area (TPSA) is 32.3 Å². The molecule has 0 bridgehead atoms. The van der Waals surface area contributed by atoms with E-state index in [0.717, 1.165) is 11.1 Å². The Morgan fingerprint density at radius 1 is 0.833 bits per heavy atom. The van der Waals surface area contributed by atoms with Gasteiger partial charge in [0.15, 0.2) is 0 Å². The van der Waals surface area contributed by atoms with Crippen molar-refractivity contribution in [1.29, 1.82) is 0 Å². The van der Waals surface area contributed by atoms with Crippen LogP contribution in [-0.4, -0.2) is 12.2 Å². The third-order valence-electron chi connectivity index (χ3n) is 2.93. The highest BCUT2D eigenvalue weighted by Crippen LogP contribution is 2.27. The molecule has 0 heterocycles. The van der Waals surface area contributed by atoms with E-state index >= 15 is 0 Å². The lowest BCUT2D eigenvalue weighted by molar-refractivity contribution is 0.133. The maximum atomic E-state index is 10.4. The molecular weight excluding hydrogens is 246 g/mol. The van der Waals surface area contributed by atoms with Crippen molar-refractivity contribution in [2.24, 2.45) is 0 Å². The van der Waals surface area contributed by atoms with Crippen molar-refractivity contribution in [2.75, 3.05) is 7.05 Å². The summed E-state index contributed by atoms with van der Waals surface area (Å²) in [6.45, 7) is 0. The van der Waals surface area contributed by atoms with Gasteiger partial charge in [-0.3, -0.25) is 0 Å². The minimum atomic E-state index is -0.538. The number of aliphatic hydroxyl groups excluding tert-OH is 1. The summed E-state index contributed by atoms with van der Waals surface area (Å²) in [6.07, 6.45) is -0.538. The zero-order valence-corrected chi connectivity index (χ0v) is 11.1. The van der Waals surface area contributed by atoms with Gasteiger partial charge in [-0.25, -0.2) is 0 Å². The molecule has 2 atom stereocenters. The first-order valence-corrected chi connectivity index (χ1v) is 5.78. The fourth-order valence-electron chi connectivity index (χ4n) is 2.01. The van der Waals surface area contributed by atoms with E-state index in [9.17, 15) is 5.11 Å². The third-order valence-corrected chi connectivity index (χ3v) is 2.93. The van der Waals surface area contributed by atoms with E-state index in [1.54, 1.807) is 0 Å². The zero-order chi connectivity index (χ0) is 12.1. The lowest BCUT2D eigenvalue weighted by Gasteiger charge is -2.23. The van der Waals surface area contributed by atoms with E-state index in [4.69, 9.17) is 0 Å². The van der Waals surface area contributed by atoms with Crippen LogP contribution in [0, 0.1) is 0 Å². The lowest BCUT2D eigenvalue weighted by atomic mass is 9.96. The average Bonchev–Trinajstić information content (AvgIpc) is 2.42. The minimum absolute atomic E-state index is 0. The summed E-state index contributed by atoms with van der Waals surface area (Å²) in [5.74, 6) is 0. The molecule has 2 unspecified atom stereocenters. The molecule has 2 N–H and O–H groups in total. The third kappa shape index (κ3) is 3.33. The monoisotopic (exact) mass is 263 g/mol. The van der Waals surface area contributed by atoms with E-state index in [-0.39, 0.29) is 18.4 Å². The van der Waals surface area contributed by atoms with Crippen molar-refractivity contribution in [3.8, 4) is 0 Å². The van der Waals surface area contributed by atoms with Crippen LogP contribution in [0.15, 0.2) is 60.7 Å².